The molecule has 2 N–H and O–H groups in total. The zero-order valence-electron chi connectivity index (χ0n) is 18.4. The number of nitrogens with one attached hydrogen (secondary N) is 1. The van der Waals surface area contributed by atoms with E-state index in [1.54, 1.807) is 42.1 Å². The highest BCUT2D eigenvalue weighted by atomic mass is 32.2. The van der Waals surface area contributed by atoms with E-state index in [0.717, 1.165) is 19.5 Å². The van der Waals surface area contributed by atoms with E-state index in [2.05, 4.69) is 15.2 Å². The van der Waals surface area contributed by atoms with Crippen molar-refractivity contribution in [2.75, 3.05) is 26.7 Å². The summed E-state index contributed by atoms with van der Waals surface area (Å²) < 4.78 is 60.8. The van der Waals surface area contributed by atoms with Gasteiger partial charge in [0.15, 0.2) is 5.69 Å². The van der Waals surface area contributed by atoms with E-state index in [-0.39, 0.29) is 29.1 Å². The Kier molecular flexibility index (Phi) is 7.33. The van der Waals surface area contributed by atoms with Crippen molar-refractivity contribution < 1.29 is 36.3 Å². The maximum absolute atomic E-state index is 13.0. The molecule has 0 saturated carbocycles. The van der Waals surface area contributed by atoms with Gasteiger partial charge in [0.25, 0.3) is 5.91 Å². The average Bonchev–Trinajstić information content (AvgIpc) is 3.35. The molecule has 1 aromatic heterocycles. The summed E-state index contributed by atoms with van der Waals surface area (Å²) in [5.74, 6) is -3.01. The number of hydrogen-bond acceptors (Lipinski definition) is 6. The fourth-order valence-corrected chi connectivity index (χ4v) is 5.37. The molecular weight excluding hydrogens is 479 g/mol. The van der Waals surface area contributed by atoms with Crippen LogP contribution in [0.25, 0.3) is 5.69 Å². The Morgan fingerprint density at radius 3 is 2.47 bits per heavy atom. The number of imidazole rings is 1. The summed E-state index contributed by atoms with van der Waals surface area (Å²) in [6.45, 7) is 3.97. The smallest absolute Gasteiger partial charge is 0.475 e. The van der Waals surface area contributed by atoms with Crippen molar-refractivity contribution in [1.29, 1.82) is 0 Å². The lowest BCUT2D eigenvalue weighted by Crippen LogP contribution is -2.37. The van der Waals surface area contributed by atoms with E-state index in [9.17, 15) is 26.4 Å². The number of hydrogen-bond donors (Lipinski definition) is 2. The minimum Gasteiger partial charge on any atom is -0.475 e. The highest BCUT2D eigenvalue weighted by Gasteiger charge is 2.38. The number of carbonyl (C=O) groups excluding carboxylic acids is 1. The molecule has 4 rings (SSSR count). The van der Waals surface area contributed by atoms with Gasteiger partial charge in [-0.25, -0.2) is 18.2 Å². The van der Waals surface area contributed by atoms with E-state index in [0.29, 0.717) is 17.9 Å². The van der Waals surface area contributed by atoms with Crippen LogP contribution in [0.15, 0.2) is 35.5 Å². The molecule has 1 aromatic carbocycles. The van der Waals surface area contributed by atoms with Crippen LogP contribution in [-0.2, 0) is 21.4 Å². The number of para-hydroxylation sites is 1. The van der Waals surface area contributed by atoms with E-state index >= 15 is 0 Å². The molecule has 1 saturated heterocycles. The minimum absolute atomic E-state index is 0.0870. The van der Waals surface area contributed by atoms with Gasteiger partial charge in [0.1, 0.15) is 11.2 Å². The second-order valence-corrected chi connectivity index (χ2v) is 9.74. The molecule has 2 aromatic rings. The number of halogens is 3. The quantitative estimate of drug-likeness (QED) is 0.650. The number of amides is 1. The summed E-state index contributed by atoms with van der Waals surface area (Å²) >= 11 is 0. The number of likely N-dealkylation sites (N-methyl/N-ethyl adjacent to an activating group) is 1. The maximum atomic E-state index is 13.0. The van der Waals surface area contributed by atoms with Crippen molar-refractivity contribution in [2.45, 2.75) is 37.0 Å². The summed E-state index contributed by atoms with van der Waals surface area (Å²) in [5, 5.41) is 10.2. The number of benzene rings is 1. The van der Waals surface area contributed by atoms with Crippen LogP contribution in [0, 0.1) is 0 Å². The second kappa shape index (κ2) is 9.72. The summed E-state index contributed by atoms with van der Waals surface area (Å²) in [5.41, 5.74) is 1.40. The highest BCUT2D eigenvalue weighted by Crippen LogP contribution is 2.31. The SMILES string of the molecule is CCN1Cc2c(C(=O)NC3CCN(C)C3)ncn2-c2ccccc2S1(=O)=O.O=C(O)C(F)(F)F. The molecule has 3 heterocycles. The van der Waals surface area contributed by atoms with E-state index < -0.39 is 22.2 Å². The number of alkyl halides is 3. The number of aromatic nitrogens is 2. The molecular formula is C20H24F3N5O5S. The predicted octanol–water partition coefficient (Wildman–Crippen LogP) is 1.46. The van der Waals surface area contributed by atoms with E-state index in [4.69, 9.17) is 9.90 Å². The van der Waals surface area contributed by atoms with Crippen molar-refractivity contribution in [1.82, 2.24) is 24.1 Å². The Morgan fingerprint density at radius 2 is 1.91 bits per heavy atom. The highest BCUT2D eigenvalue weighted by molar-refractivity contribution is 7.89. The van der Waals surface area contributed by atoms with Gasteiger partial charge in [0, 0.05) is 19.1 Å². The third-order valence-corrected chi connectivity index (χ3v) is 7.44. The maximum Gasteiger partial charge on any atom is 0.490 e. The summed E-state index contributed by atoms with van der Waals surface area (Å²) in [4.78, 5) is 28.5. The number of sulfonamides is 1. The van der Waals surface area contributed by atoms with Gasteiger partial charge < -0.3 is 15.3 Å². The number of aliphatic carboxylic acids is 1. The van der Waals surface area contributed by atoms with Crippen molar-refractivity contribution in [3.05, 3.63) is 42.0 Å². The molecule has 10 nitrogen and oxygen atoms in total. The number of carbonyl (C=O) groups is 2. The van der Waals surface area contributed by atoms with Gasteiger partial charge in [-0.15, -0.1) is 0 Å². The van der Waals surface area contributed by atoms with Crippen LogP contribution in [-0.4, -0.2) is 83.1 Å². The molecule has 1 unspecified atom stereocenters. The van der Waals surface area contributed by atoms with Crippen LogP contribution in [0.3, 0.4) is 0 Å². The van der Waals surface area contributed by atoms with Gasteiger partial charge in [0.2, 0.25) is 10.0 Å². The monoisotopic (exact) mass is 503 g/mol. The largest absolute Gasteiger partial charge is 0.490 e. The van der Waals surface area contributed by atoms with Crippen LogP contribution in [0.4, 0.5) is 13.2 Å². The number of likely N-dealkylation sites (tertiary alicyclic amines) is 1. The fraction of sp³-hybridized carbons (Fsp3) is 0.450. The average molecular weight is 504 g/mol. The van der Waals surface area contributed by atoms with Crippen LogP contribution in [0.2, 0.25) is 0 Å². The fourth-order valence-electron chi connectivity index (χ4n) is 3.78. The number of rotatable bonds is 3. The molecule has 14 heteroatoms. The second-order valence-electron chi connectivity index (χ2n) is 7.83. The molecule has 2 aliphatic heterocycles. The molecule has 0 spiro atoms. The first-order valence-electron chi connectivity index (χ1n) is 10.3. The zero-order chi connectivity index (χ0) is 25.3. The Labute approximate surface area is 194 Å². The first kappa shape index (κ1) is 25.6. The molecule has 0 aliphatic carbocycles. The number of carboxylic acids is 1. The molecule has 1 amide bonds. The number of carboxylic acid groups (broad SMARTS) is 1. The topological polar surface area (TPSA) is 125 Å². The molecule has 186 valence electrons. The van der Waals surface area contributed by atoms with Gasteiger partial charge in [-0.05, 0) is 32.1 Å². The molecule has 0 bridgehead atoms. The molecule has 1 fully saturated rings. The minimum atomic E-state index is -5.08. The number of nitrogens with zero attached hydrogens (tertiary/aromatic N) is 4. The van der Waals surface area contributed by atoms with Crippen LogP contribution in [0.5, 0.6) is 0 Å². The van der Waals surface area contributed by atoms with Crippen LogP contribution >= 0.6 is 0 Å². The molecule has 1 atom stereocenters. The van der Waals surface area contributed by atoms with Crippen molar-refractivity contribution >= 4 is 21.9 Å². The molecule has 34 heavy (non-hydrogen) atoms. The Balaban J connectivity index is 0.000000406. The third-order valence-electron chi connectivity index (χ3n) is 5.47. The standard InChI is InChI=1S/C18H23N5O3S.C2HF3O2/c1-3-22-11-15-17(18(24)20-13-8-9-21(2)10-13)19-12-23(15)14-6-4-5-7-16(14)27(22,25)26;3-2(4,5)1(6)7/h4-7,12-13H,3,8-11H2,1-2H3,(H,20,24);(H,6,7). The summed E-state index contributed by atoms with van der Waals surface area (Å²) in [7, 11) is -1.61. The predicted molar refractivity (Wildman–Crippen MR) is 114 cm³/mol. The van der Waals surface area contributed by atoms with Gasteiger partial charge in [0.05, 0.1) is 17.9 Å². The number of fused-ring (bicyclic) bond motifs is 3. The van der Waals surface area contributed by atoms with Crippen molar-refractivity contribution in [3.63, 3.8) is 0 Å². The van der Waals surface area contributed by atoms with Crippen LogP contribution < -0.4 is 5.32 Å². The van der Waals surface area contributed by atoms with Gasteiger partial charge in [-0.1, -0.05) is 19.1 Å². The van der Waals surface area contributed by atoms with Crippen LogP contribution in [0.1, 0.15) is 29.5 Å². The lowest BCUT2D eigenvalue weighted by molar-refractivity contribution is -0.192. The lowest BCUT2D eigenvalue weighted by atomic mass is 10.2. The summed E-state index contributed by atoms with van der Waals surface area (Å²) in [6.07, 6.45) is -2.64. The van der Waals surface area contributed by atoms with Gasteiger partial charge >= 0.3 is 12.1 Å². The Hall–Kier alpha value is -2.97. The normalized spacial score (nSPS) is 19.9. The van der Waals surface area contributed by atoms with Gasteiger partial charge in [-0.2, -0.15) is 17.5 Å². The first-order valence-corrected chi connectivity index (χ1v) is 11.8. The zero-order valence-corrected chi connectivity index (χ0v) is 19.2. The Morgan fingerprint density at radius 1 is 1.26 bits per heavy atom. The van der Waals surface area contributed by atoms with E-state index in [1.807, 2.05) is 7.05 Å². The first-order chi connectivity index (χ1) is 15.9. The lowest BCUT2D eigenvalue weighted by Gasteiger charge is -2.18. The molecule has 2 aliphatic rings. The Bertz CT molecular complexity index is 1180. The molecule has 0 radical (unpaired) electrons. The van der Waals surface area contributed by atoms with E-state index in [1.165, 1.54) is 4.31 Å². The summed E-state index contributed by atoms with van der Waals surface area (Å²) in [6, 6.07) is 6.91. The third kappa shape index (κ3) is 5.23. The van der Waals surface area contributed by atoms with Gasteiger partial charge in [-0.3, -0.25) is 9.36 Å². The van der Waals surface area contributed by atoms with Crippen molar-refractivity contribution in [3.8, 4) is 5.69 Å². The van der Waals surface area contributed by atoms with Crippen molar-refractivity contribution in [2.24, 2.45) is 0 Å².